The smallest absolute Gasteiger partial charge is 0.316 e. The molecule has 3 aromatic rings. The first kappa shape index (κ1) is 18.2. The summed E-state index contributed by atoms with van der Waals surface area (Å²) in [4.78, 5) is 46.0. The van der Waals surface area contributed by atoms with Crippen molar-refractivity contribution < 1.29 is 4.79 Å². The maximum Gasteiger partial charge on any atom is 0.316 e. The maximum absolute atomic E-state index is 13.3. The van der Waals surface area contributed by atoms with Gasteiger partial charge in [-0.25, -0.2) is 4.98 Å². The van der Waals surface area contributed by atoms with Gasteiger partial charge in [0.1, 0.15) is 11.9 Å². The topological polar surface area (TPSA) is 105 Å². The molecule has 1 atom stereocenters. The molecule has 0 aliphatic carbocycles. The molecule has 1 unspecified atom stereocenters. The highest BCUT2D eigenvalue weighted by Gasteiger charge is 2.31. The fourth-order valence-electron chi connectivity index (χ4n) is 3.77. The van der Waals surface area contributed by atoms with Crippen molar-refractivity contribution in [3.8, 4) is 0 Å². The number of hydrogen-bond donors (Lipinski definition) is 2. The minimum atomic E-state index is -0.688. The molecule has 9 heteroatoms. The number of imidazole rings is 1. The van der Waals surface area contributed by atoms with E-state index < -0.39 is 11.1 Å². The number of nitrogens with zero attached hydrogens (tertiary/aromatic N) is 4. The van der Waals surface area contributed by atoms with E-state index in [1.165, 1.54) is 4.57 Å². The fraction of sp³-hybridized carbons (Fsp3) is 0.368. The molecule has 146 valence electrons. The summed E-state index contributed by atoms with van der Waals surface area (Å²) in [6.45, 7) is 4.06. The summed E-state index contributed by atoms with van der Waals surface area (Å²) in [5.41, 5.74) is 0.259. The summed E-state index contributed by atoms with van der Waals surface area (Å²) >= 11 is 0. The summed E-state index contributed by atoms with van der Waals surface area (Å²) in [7, 11) is 1.91. The molecule has 1 aliphatic rings. The zero-order chi connectivity index (χ0) is 19.8. The molecule has 0 bridgehead atoms. The first-order valence-electron chi connectivity index (χ1n) is 9.27. The predicted octanol–water partition coefficient (Wildman–Crippen LogP) is 0.230. The van der Waals surface area contributed by atoms with E-state index in [1.54, 1.807) is 36.2 Å². The lowest BCUT2D eigenvalue weighted by molar-refractivity contribution is 0.0621. The Labute approximate surface area is 160 Å². The van der Waals surface area contributed by atoms with E-state index in [2.05, 4.69) is 15.3 Å². The van der Waals surface area contributed by atoms with Crippen molar-refractivity contribution in [1.82, 2.24) is 29.3 Å². The lowest BCUT2D eigenvalue weighted by Crippen LogP contribution is -2.49. The van der Waals surface area contributed by atoms with Gasteiger partial charge in [-0.15, -0.1) is 0 Å². The van der Waals surface area contributed by atoms with Crippen LogP contribution in [0.15, 0.2) is 40.2 Å². The normalized spacial score (nSPS) is 17.2. The number of hydrogen-bond acceptors (Lipinski definition) is 5. The number of benzene rings is 1. The highest BCUT2D eigenvalue weighted by atomic mass is 16.2. The Bertz CT molecular complexity index is 1160. The molecule has 2 N–H and O–H groups in total. The average molecular weight is 382 g/mol. The first-order chi connectivity index (χ1) is 13.5. The molecule has 1 saturated heterocycles. The van der Waals surface area contributed by atoms with Crippen LogP contribution < -0.4 is 16.4 Å². The summed E-state index contributed by atoms with van der Waals surface area (Å²) in [5.74, 6) is 0.682. The summed E-state index contributed by atoms with van der Waals surface area (Å²) in [6, 6.07) is 4.87. The monoisotopic (exact) mass is 382 g/mol. The van der Waals surface area contributed by atoms with Crippen LogP contribution >= 0.6 is 0 Å². The van der Waals surface area contributed by atoms with E-state index in [0.717, 1.165) is 5.82 Å². The number of carbonyl (C=O) groups excluding carboxylic acids is 1. The Balaban J connectivity index is 1.75. The Morgan fingerprint density at radius 1 is 1.32 bits per heavy atom. The number of fused-ring (bicyclic) bond motifs is 1. The van der Waals surface area contributed by atoms with Gasteiger partial charge >= 0.3 is 11.1 Å². The number of aryl methyl sites for hydroxylation is 2. The van der Waals surface area contributed by atoms with Crippen LogP contribution in [0.2, 0.25) is 0 Å². The molecule has 2 aromatic heterocycles. The van der Waals surface area contributed by atoms with Crippen molar-refractivity contribution in [2.75, 3.05) is 19.6 Å². The van der Waals surface area contributed by atoms with Crippen LogP contribution in [-0.2, 0) is 13.6 Å². The van der Waals surface area contributed by atoms with Crippen LogP contribution in [0.5, 0.6) is 0 Å². The van der Waals surface area contributed by atoms with E-state index in [-0.39, 0.29) is 11.9 Å². The minimum absolute atomic E-state index is 0.133. The molecule has 28 heavy (non-hydrogen) atoms. The van der Waals surface area contributed by atoms with E-state index in [0.29, 0.717) is 42.8 Å². The quantitative estimate of drug-likeness (QED) is 0.631. The van der Waals surface area contributed by atoms with Crippen molar-refractivity contribution in [2.24, 2.45) is 7.05 Å². The zero-order valence-electron chi connectivity index (χ0n) is 15.8. The van der Waals surface area contributed by atoms with Gasteiger partial charge in [-0.05, 0) is 25.1 Å². The number of aromatic amines is 1. The Morgan fingerprint density at radius 3 is 2.86 bits per heavy atom. The number of amides is 1. The second kappa shape index (κ2) is 7.08. The zero-order valence-corrected chi connectivity index (χ0v) is 15.8. The molecule has 1 aliphatic heterocycles. The third kappa shape index (κ3) is 2.93. The SMILES string of the molecule is CCn1c(=O)c(=O)[nH]c2cc(C(=O)N3CCNCC3c3nccn3C)ccc21. The van der Waals surface area contributed by atoms with Gasteiger partial charge in [-0.1, -0.05) is 0 Å². The maximum atomic E-state index is 13.3. The second-order valence-corrected chi connectivity index (χ2v) is 6.85. The number of H-pyrrole nitrogens is 1. The van der Waals surface area contributed by atoms with E-state index in [1.807, 2.05) is 17.8 Å². The molecular weight excluding hydrogens is 360 g/mol. The lowest BCUT2D eigenvalue weighted by atomic mass is 10.1. The van der Waals surface area contributed by atoms with Gasteiger partial charge in [0.25, 0.3) is 5.91 Å². The molecule has 1 aromatic carbocycles. The van der Waals surface area contributed by atoms with Crippen LogP contribution in [0.1, 0.15) is 29.1 Å². The van der Waals surface area contributed by atoms with E-state index in [9.17, 15) is 14.4 Å². The van der Waals surface area contributed by atoms with E-state index in [4.69, 9.17) is 0 Å². The fourth-order valence-corrected chi connectivity index (χ4v) is 3.77. The van der Waals surface area contributed by atoms with Gasteiger partial charge in [-0.3, -0.25) is 14.4 Å². The second-order valence-electron chi connectivity index (χ2n) is 6.85. The first-order valence-corrected chi connectivity index (χ1v) is 9.27. The standard InChI is InChI=1S/C19H22N6O3/c1-3-24-14-5-4-12(10-13(14)22-17(26)19(24)28)18(27)25-9-6-20-11-15(25)16-21-7-8-23(16)2/h4-5,7-8,10,15,20H,3,6,9,11H2,1-2H3,(H,22,26). The molecule has 0 saturated carbocycles. The Kier molecular flexibility index (Phi) is 4.60. The van der Waals surface area contributed by atoms with E-state index >= 15 is 0 Å². The van der Waals surface area contributed by atoms with Gasteiger partial charge in [0, 0.05) is 51.2 Å². The highest BCUT2D eigenvalue weighted by molar-refractivity contribution is 5.97. The average Bonchev–Trinajstić information content (AvgIpc) is 3.14. The predicted molar refractivity (Wildman–Crippen MR) is 104 cm³/mol. The largest absolute Gasteiger partial charge is 0.336 e. The van der Waals surface area contributed by atoms with Gasteiger partial charge in [0.2, 0.25) is 0 Å². The minimum Gasteiger partial charge on any atom is -0.336 e. The third-order valence-electron chi connectivity index (χ3n) is 5.20. The van der Waals surface area contributed by atoms with Crippen molar-refractivity contribution >= 4 is 16.9 Å². The van der Waals surface area contributed by atoms with Crippen LogP contribution in [0, 0.1) is 0 Å². The molecule has 3 heterocycles. The molecule has 0 spiro atoms. The summed E-state index contributed by atoms with van der Waals surface area (Å²) in [5, 5.41) is 3.31. The van der Waals surface area contributed by atoms with Crippen LogP contribution in [0.25, 0.3) is 11.0 Å². The van der Waals surface area contributed by atoms with Crippen molar-refractivity contribution in [2.45, 2.75) is 19.5 Å². The van der Waals surface area contributed by atoms with Crippen molar-refractivity contribution in [3.05, 3.63) is 62.7 Å². The third-order valence-corrected chi connectivity index (χ3v) is 5.20. The van der Waals surface area contributed by atoms with Gasteiger partial charge in [0.15, 0.2) is 0 Å². The highest BCUT2D eigenvalue weighted by Crippen LogP contribution is 2.23. The van der Waals surface area contributed by atoms with Crippen molar-refractivity contribution in [1.29, 1.82) is 0 Å². The van der Waals surface area contributed by atoms with Crippen LogP contribution in [-0.4, -0.2) is 49.5 Å². The summed E-state index contributed by atoms with van der Waals surface area (Å²) in [6.07, 6.45) is 3.58. The van der Waals surface area contributed by atoms with Crippen molar-refractivity contribution in [3.63, 3.8) is 0 Å². The Hall–Kier alpha value is -3.20. The number of aromatic nitrogens is 4. The Morgan fingerprint density at radius 2 is 2.14 bits per heavy atom. The van der Waals surface area contributed by atoms with Gasteiger partial charge < -0.3 is 24.3 Å². The molecule has 9 nitrogen and oxygen atoms in total. The number of carbonyl (C=O) groups is 1. The van der Waals surface area contributed by atoms with Crippen LogP contribution in [0.4, 0.5) is 0 Å². The number of rotatable bonds is 3. The molecular formula is C19H22N6O3. The lowest BCUT2D eigenvalue weighted by Gasteiger charge is -2.35. The molecule has 0 radical (unpaired) electrons. The molecule has 1 fully saturated rings. The molecule has 1 amide bonds. The van der Waals surface area contributed by atoms with Gasteiger partial charge in [0.05, 0.1) is 11.0 Å². The number of piperazine rings is 1. The van der Waals surface area contributed by atoms with Gasteiger partial charge in [-0.2, -0.15) is 0 Å². The summed E-state index contributed by atoms with van der Waals surface area (Å²) < 4.78 is 3.32. The number of nitrogens with one attached hydrogen (secondary N) is 2. The molecule has 4 rings (SSSR count). The van der Waals surface area contributed by atoms with Crippen LogP contribution in [0.3, 0.4) is 0 Å².